The number of hydrogen-bond donors (Lipinski definition) is 1. The molecule has 1 saturated heterocycles. The molecule has 2 rings (SSSR count). The molecule has 94 valence electrons. The second-order valence-electron chi connectivity index (χ2n) is 4.95. The zero-order valence-electron chi connectivity index (χ0n) is 10.8. The molecule has 17 heavy (non-hydrogen) atoms. The van der Waals surface area contributed by atoms with Gasteiger partial charge in [0, 0.05) is 24.7 Å². The number of aromatic nitrogens is 1. The van der Waals surface area contributed by atoms with Crippen LogP contribution in [0.25, 0.3) is 0 Å². The Labute approximate surface area is 103 Å². The summed E-state index contributed by atoms with van der Waals surface area (Å²) in [6, 6.07) is 4.25. The first-order valence-electron chi connectivity index (χ1n) is 6.58. The summed E-state index contributed by atoms with van der Waals surface area (Å²) in [5.41, 5.74) is 2.32. The van der Waals surface area contributed by atoms with Crippen LogP contribution in [0.1, 0.15) is 32.4 Å². The van der Waals surface area contributed by atoms with Gasteiger partial charge in [0.1, 0.15) is 0 Å². The molecule has 0 unspecified atom stereocenters. The molecule has 1 N–H and O–H groups in total. The number of piperidine rings is 1. The van der Waals surface area contributed by atoms with Crippen molar-refractivity contribution in [1.29, 1.82) is 0 Å². The summed E-state index contributed by atoms with van der Waals surface area (Å²) in [6.45, 7) is 6.04. The predicted molar refractivity (Wildman–Crippen MR) is 70.2 cm³/mol. The lowest BCUT2D eigenvalue weighted by atomic mass is 9.93. The molecule has 0 radical (unpaired) electrons. The first-order chi connectivity index (χ1) is 8.20. The van der Waals surface area contributed by atoms with Crippen LogP contribution in [0.2, 0.25) is 0 Å². The number of aliphatic hydroxyl groups is 1. The van der Waals surface area contributed by atoms with Gasteiger partial charge in [-0.25, -0.2) is 0 Å². The van der Waals surface area contributed by atoms with E-state index in [1.54, 1.807) is 0 Å². The number of nitrogens with zero attached hydrogens (tertiary/aromatic N) is 2. The molecule has 0 aromatic carbocycles. The Bertz CT molecular complexity index is 348. The Morgan fingerprint density at radius 2 is 2.35 bits per heavy atom. The Morgan fingerprint density at radius 3 is 2.94 bits per heavy atom. The molecule has 1 aromatic rings. The number of aliphatic hydroxyl groups excluding tert-OH is 1. The van der Waals surface area contributed by atoms with E-state index in [9.17, 15) is 5.11 Å². The van der Waals surface area contributed by atoms with Crippen LogP contribution in [0.3, 0.4) is 0 Å². The number of anilines is 1. The summed E-state index contributed by atoms with van der Waals surface area (Å²) in [5.74, 6) is 0.398. The molecule has 3 heteroatoms. The molecule has 0 spiro atoms. The van der Waals surface area contributed by atoms with Gasteiger partial charge in [0.2, 0.25) is 0 Å². The highest BCUT2D eigenvalue weighted by Gasteiger charge is 2.23. The first kappa shape index (κ1) is 12.4. The Kier molecular flexibility index (Phi) is 4.00. The van der Waals surface area contributed by atoms with E-state index >= 15 is 0 Å². The third-order valence-corrected chi connectivity index (χ3v) is 3.68. The van der Waals surface area contributed by atoms with Crippen molar-refractivity contribution in [2.24, 2.45) is 5.92 Å². The van der Waals surface area contributed by atoms with Gasteiger partial charge in [0.05, 0.1) is 18.0 Å². The van der Waals surface area contributed by atoms with Crippen LogP contribution in [-0.4, -0.2) is 29.3 Å². The van der Waals surface area contributed by atoms with E-state index in [1.165, 1.54) is 5.69 Å². The maximum atomic E-state index is 9.68. The van der Waals surface area contributed by atoms with Crippen molar-refractivity contribution in [3.8, 4) is 0 Å². The van der Waals surface area contributed by atoms with E-state index < -0.39 is 0 Å². The van der Waals surface area contributed by atoms with Gasteiger partial charge in [-0.05, 0) is 38.3 Å². The second kappa shape index (κ2) is 5.50. The fourth-order valence-electron chi connectivity index (χ4n) is 2.45. The zero-order chi connectivity index (χ0) is 12.3. The minimum atomic E-state index is -0.208. The minimum absolute atomic E-state index is 0.208. The molecule has 3 nitrogen and oxygen atoms in total. The van der Waals surface area contributed by atoms with Crippen molar-refractivity contribution >= 4 is 5.69 Å². The SMILES string of the molecule is CCc1ccc(N2CCC[C@H]([C@H](C)O)C2)cn1. The molecule has 1 aliphatic heterocycles. The normalized spacial score (nSPS) is 22.5. The third kappa shape index (κ3) is 2.97. The number of hydrogen-bond acceptors (Lipinski definition) is 3. The van der Waals surface area contributed by atoms with E-state index in [0.717, 1.165) is 38.0 Å². The van der Waals surface area contributed by atoms with E-state index in [0.29, 0.717) is 5.92 Å². The molecular formula is C14H22N2O. The van der Waals surface area contributed by atoms with Gasteiger partial charge in [0.25, 0.3) is 0 Å². The number of aryl methyl sites for hydroxylation is 1. The molecule has 2 atom stereocenters. The first-order valence-corrected chi connectivity index (χ1v) is 6.58. The fraction of sp³-hybridized carbons (Fsp3) is 0.643. The smallest absolute Gasteiger partial charge is 0.0557 e. The molecule has 0 saturated carbocycles. The second-order valence-corrected chi connectivity index (χ2v) is 4.95. The molecular weight excluding hydrogens is 212 g/mol. The van der Waals surface area contributed by atoms with Crippen LogP contribution in [-0.2, 0) is 6.42 Å². The quantitative estimate of drug-likeness (QED) is 0.871. The fourth-order valence-corrected chi connectivity index (χ4v) is 2.45. The summed E-state index contributed by atoms with van der Waals surface area (Å²) in [4.78, 5) is 6.78. The average molecular weight is 234 g/mol. The van der Waals surface area contributed by atoms with Crippen LogP contribution in [0, 0.1) is 5.92 Å². The van der Waals surface area contributed by atoms with Gasteiger partial charge in [-0.3, -0.25) is 4.98 Å². The average Bonchev–Trinajstić information content (AvgIpc) is 2.39. The molecule has 1 aliphatic rings. The minimum Gasteiger partial charge on any atom is -0.393 e. The van der Waals surface area contributed by atoms with Crippen molar-refractivity contribution in [2.75, 3.05) is 18.0 Å². The van der Waals surface area contributed by atoms with Crippen molar-refractivity contribution in [1.82, 2.24) is 4.98 Å². The zero-order valence-corrected chi connectivity index (χ0v) is 10.8. The predicted octanol–water partition coefficient (Wildman–Crippen LogP) is 2.24. The van der Waals surface area contributed by atoms with Crippen molar-refractivity contribution in [3.05, 3.63) is 24.0 Å². The van der Waals surface area contributed by atoms with Gasteiger partial charge in [-0.15, -0.1) is 0 Å². The lowest BCUT2D eigenvalue weighted by Crippen LogP contribution is -2.39. The Hall–Kier alpha value is -1.09. The largest absolute Gasteiger partial charge is 0.393 e. The van der Waals surface area contributed by atoms with Gasteiger partial charge in [0.15, 0.2) is 0 Å². The molecule has 2 heterocycles. The summed E-state index contributed by atoms with van der Waals surface area (Å²) >= 11 is 0. The molecule has 1 fully saturated rings. The van der Waals surface area contributed by atoms with E-state index in [1.807, 2.05) is 13.1 Å². The maximum Gasteiger partial charge on any atom is 0.0557 e. The summed E-state index contributed by atoms with van der Waals surface area (Å²) < 4.78 is 0. The summed E-state index contributed by atoms with van der Waals surface area (Å²) in [7, 11) is 0. The monoisotopic (exact) mass is 234 g/mol. The topological polar surface area (TPSA) is 36.4 Å². The maximum absolute atomic E-state index is 9.68. The van der Waals surface area contributed by atoms with E-state index in [2.05, 4.69) is 28.9 Å². The molecule has 1 aromatic heterocycles. The highest BCUT2D eigenvalue weighted by atomic mass is 16.3. The molecule has 0 aliphatic carbocycles. The van der Waals surface area contributed by atoms with Gasteiger partial charge < -0.3 is 10.0 Å². The molecule has 0 amide bonds. The van der Waals surface area contributed by atoms with Crippen LogP contribution in [0.5, 0.6) is 0 Å². The van der Waals surface area contributed by atoms with Gasteiger partial charge in [-0.1, -0.05) is 6.92 Å². The van der Waals surface area contributed by atoms with Crippen molar-refractivity contribution in [3.63, 3.8) is 0 Å². The van der Waals surface area contributed by atoms with Gasteiger partial charge >= 0.3 is 0 Å². The van der Waals surface area contributed by atoms with Crippen molar-refractivity contribution < 1.29 is 5.11 Å². The standard InChI is InChI=1S/C14H22N2O/c1-3-13-6-7-14(9-15-13)16-8-4-5-12(10-16)11(2)17/h6-7,9,11-12,17H,3-5,8,10H2,1-2H3/t11-,12-/m0/s1. The lowest BCUT2D eigenvalue weighted by molar-refractivity contribution is 0.115. The van der Waals surface area contributed by atoms with Crippen molar-refractivity contribution in [2.45, 2.75) is 39.2 Å². The number of rotatable bonds is 3. The summed E-state index contributed by atoms with van der Waals surface area (Å²) in [6.07, 6.45) is 5.03. The van der Waals surface area contributed by atoms with Crippen LogP contribution >= 0.6 is 0 Å². The highest BCUT2D eigenvalue weighted by molar-refractivity contribution is 5.45. The molecule has 0 bridgehead atoms. The van der Waals surface area contributed by atoms with E-state index in [4.69, 9.17) is 0 Å². The lowest BCUT2D eigenvalue weighted by Gasteiger charge is -2.35. The van der Waals surface area contributed by atoms with Crippen LogP contribution in [0.4, 0.5) is 5.69 Å². The Morgan fingerprint density at radius 1 is 1.53 bits per heavy atom. The number of pyridine rings is 1. The van der Waals surface area contributed by atoms with E-state index in [-0.39, 0.29) is 6.10 Å². The van der Waals surface area contributed by atoms with Crippen LogP contribution < -0.4 is 4.90 Å². The van der Waals surface area contributed by atoms with Gasteiger partial charge in [-0.2, -0.15) is 0 Å². The highest BCUT2D eigenvalue weighted by Crippen LogP contribution is 2.24. The van der Waals surface area contributed by atoms with Crippen LogP contribution in [0.15, 0.2) is 18.3 Å². The summed E-state index contributed by atoms with van der Waals surface area (Å²) in [5, 5.41) is 9.68. The third-order valence-electron chi connectivity index (χ3n) is 3.68. The Balaban J connectivity index is 2.05.